The van der Waals surface area contributed by atoms with Crippen molar-refractivity contribution >= 4 is 17.8 Å². The molecule has 3 rings (SSSR count). The Hall–Kier alpha value is -3.37. The molecule has 244 valence electrons. The first kappa shape index (κ1) is 35.1. The average molecular weight is 615 g/mol. The first-order valence-corrected chi connectivity index (χ1v) is 15.8. The molecular weight excluding hydrogens is 564 g/mol. The van der Waals surface area contributed by atoms with E-state index in [0.717, 1.165) is 43.2 Å². The van der Waals surface area contributed by atoms with Crippen LogP contribution in [0.2, 0.25) is 0 Å². The Labute approximate surface area is 260 Å². The lowest BCUT2D eigenvalue weighted by molar-refractivity contribution is -0.157. The van der Waals surface area contributed by atoms with E-state index in [1.165, 1.54) is 13.8 Å². The van der Waals surface area contributed by atoms with Gasteiger partial charge in [-0.2, -0.15) is 0 Å². The highest BCUT2D eigenvalue weighted by atomic mass is 16.6. The van der Waals surface area contributed by atoms with E-state index in [9.17, 15) is 24.9 Å². The Morgan fingerprint density at radius 3 is 2.50 bits per heavy atom. The predicted octanol–water partition coefficient (Wildman–Crippen LogP) is 5.20. The summed E-state index contributed by atoms with van der Waals surface area (Å²) in [6.45, 7) is 6.97. The van der Waals surface area contributed by atoms with Gasteiger partial charge in [-0.1, -0.05) is 26.7 Å². The first-order valence-electron chi connectivity index (χ1n) is 15.8. The van der Waals surface area contributed by atoms with Gasteiger partial charge in [0.1, 0.15) is 24.6 Å². The molecule has 1 fully saturated rings. The number of hydrogen-bond acceptors (Lipinski definition) is 10. The highest BCUT2D eigenvalue weighted by Gasteiger charge is 2.34. The summed E-state index contributed by atoms with van der Waals surface area (Å²) < 4.78 is 17.3. The molecule has 1 aromatic carbocycles. The highest BCUT2D eigenvalue weighted by Crippen LogP contribution is 2.38. The van der Waals surface area contributed by atoms with Gasteiger partial charge in [-0.25, -0.2) is 4.98 Å². The number of anilines is 1. The summed E-state index contributed by atoms with van der Waals surface area (Å²) in [5.41, 5.74) is 8.21. The molecule has 1 heterocycles. The maximum absolute atomic E-state index is 12.3. The molecule has 1 aliphatic rings. The number of pyridine rings is 1. The monoisotopic (exact) mass is 614 g/mol. The number of aliphatic hydroxyl groups excluding tert-OH is 2. The Morgan fingerprint density at radius 1 is 1.09 bits per heavy atom. The van der Waals surface area contributed by atoms with Crippen molar-refractivity contribution in [3.8, 4) is 22.6 Å². The second-order valence-electron chi connectivity index (χ2n) is 12.5. The van der Waals surface area contributed by atoms with Crippen molar-refractivity contribution in [3.05, 3.63) is 36.0 Å². The second-order valence-corrected chi connectivity index (χ2v) is 12.5. The number of aryl methyl sites for hydroxylation is 1. The summed E-state index contributed by atoms with van der Waals surface area (Å²) in [5.74, 6) is 0.544. The van der Waals surface area contributed by atoms with Crippen LogP contribution < -0.4 is 10.5 Å². The molecule has 2 aromatic rings. The maximum atomic E-state index is 12.3. The average Bonchev–Trinajstić information content (AvgIpc) is 2.92. The third-order valence-corrected chi connectivity index (χ3v) is 8.20. The van der Waals surface area contributed by atoms with Crippen LogP contribution in [-0.4, -0.2) is 63.8 Å². The number of aromatic hydroxyl groups is 1. The summed E-state index contributed by atoms with van der Waals surface area (Å²) >= 11 is 0. The Bertz CT molecular complexity index is 1220. The van der Waals surface area contributed by atoms with Gasteiger partial charge in [0.15, 0.2) is 11.5 Å². The normalized spacial score (nSPS) is 20.3. The van der Waals surface area contributed by atoms with Gasteiger partial charge in [0.2, 0.25) is 0 Å². The van der Waals surface area contributed by atoms with Gasteiger partial charge in [-0.05, 0) is 97.2 Å². The molecule has 0 unspecified atom stereocenters. The molecule has 5 N–H and O–H groups in total. The van der Waals surface area contributed by atoms with Gasteiger partial charge in [-0.3, -0.25) is 9.59 Å². The van der Waals surface area contributed by atoms with Crippen LogP contribution in [0.1, 0.15) is 84.6 Å². The summed E-state index contributed by atoms with van der Waals surface area (Å²) in [4.78, 5) is 28.6. The zero-order valence-corrected chi connectivity index (χ0v) is 26.5. The number of aromatic nitrogens is 1. The largest absolute Gasteiger partial charge is 0.504 e. The van der Waals surface area contributed by atoms with E-state index < -0.39 is 30.3 Å². The minimum absolute atomic E-state index is 0.0136. The van der Waals surface area contributed by atoms with Gasteiger partial charge >= 0.3 is 11.9 Å². The summed E-state index contributed by atoms with van der Waals surface area (Å²) in [6, 6.07) is 6.80. The number of nitrogens with two attached hydrogens (primary N) is 1. The van der Waals surface area contributed by atoms with E-state index in [2.05, 4.69) is 18.8 Å². The van der Waals surface area contributed by atoms with Crippen LogP contribution in [0.15, 0.2) is 30.5 Å². The number of esters is 2. The number of ether oxygens (including phenoxy) is 3. The fraction of sp³-hybridized carbons (Fsp3) is 0.618. The summed E-state index contributed by atoms with van der Waals surface area (Å²) in [5, 5.41) is 30.7. The van der Waals surface area contributed by atoms with Crippen molar-refractivity contribution in [1.82, 2.24) is 4.98 Å². The molecule has 1 aliphatic carbocycles. The zero-order chi connectivity index (χ0) is 32.2. The topological polar surface area (TPSA) is 161 Å². The molecular formula is C34H50N2O8. The van der Waals surface area contributed by atoms with E-state index in [0.29, 0.717) is 48.9 Å². The van der Waals surface area contributed by atoms with Crippen molar-refractivity contribution in [2.24, 2.45) is 17.8 Å². The molecule has 1 aromatic heterocycles. The van der Waals surface area contributed by atoms with Crippen LogP contribution in [0.4, 0.5) is 5.82 Å². The Balaban J connectivity index is 1.91. The van der Waals surface area contributed by atoms with E-state index in [1.807, 2.05) is 0 Å². The maximum Gasteiger partial charge on any atom is 0.302 e. The number of rotatable bonds is 14. The van der Waals surface area contributed by atoms with Gasteiger partial charge in [0, 0.05) is 26.5 Å². The van der Waals surface area contributed by atoms with Crippen LogP contribution in [0.3, 0.4) is 0 Å². The van der Waals surface area contributed by atoms with E-state index >= 15 is 0 Å². The first-order chi connectivity index (χ1) is 20.9. The molecule has 0 radical (unpaired) electrons. The molecule has 1 saturated carbocycles. The van der Waals surface area contributed by atoms with Crippen molar-refractivity contribution < 1.29 is 39.1 Å². The fourth-order valence-corrected chi connectivity index (χ4v) is 6.49. The van der Waals surface area contributed by atoms with Gasteiger partial charge in [0.25, 0.3) is 0 Å². The number of hydrogen-bond donors (Lipinski definition) is 4. The lowest BCUT2D eigenvalue weighted by Crippen LogP contribution is -2.36. The Kier molecular flexibility index (Phi) is 13.7. The lowest BCUT2D eigenvalue weighted by atomic mass is 9.76. The third-order valence-electron chi connectivity index (χ3n) is 8.20. The van der Waals surface area contributed by atoms with E-state index in [-0.39, 0.29) is 30.6 Å². The number of nitrogen functional groups attached to an aromatic ring is 1. The van der Waals surface area contributed by atoms with E-state index in [4.69, 9.17) is 19.9 Å². The van der Waals surface area contributed by atoms with Crippen LogP contribution in [0, 0.1) is 17.8 Å². The van der Waals surface area contributed by atoms with Gasteiger partial charge in [0.05, 0.1) is 12.7 Å². The van der Waals surface area contributed by atoms with Crippen molar-refractivity contribution in [2.45, 2.75) is 104 Å². The quantitative estimate of drug-likeness (QED) is 0.208. The van der Waals surface area contributed by atoms with Crippen LogP contribution in [0.25, 0.3) is 11.1 Å². The molecule has 0 amide bonds. The second kappa shape index (κ2) is 17.2. The molecule has 0 bridgehead atoms. The third kappa shape index (κ3) is 11.3. The minimum atomic E-state index is -0.575. The molecule has 10 nitrogen and oxygen atoms in total. The number of benzene rings is 1. The fourth-order valence-electron chi connectivity index (χ4n) is 6.49. The minimum Gasteiger partial charge on any atom is -0.504 e. The lowest BCUT2D eigenvalue weighted by Gasteiger charge is -2.35. The van der Waals surface area contributed by atoms with Crippen molar-refractivity contribution in [2.75, 3.05) is 18.9 Å². The molecule has 0 spiro atoms. The molecule has 0 aliphatic heterocycles. The van der Waals surface area contributed by atoms with Gasteiger partial charge in [-0.15, -0.1) is 0 Å². The number of carbonyl (C=O) groups excluding carboxylic acids is 2. The smallest absolute Gasteiger partial charge is 0.302 e. The summed E-state index contributed by atoms with van der Waals surface area (Å²) in [7, 11) is 0. The van der Waals surface area contributed by atoms with Crippen molar-refractivity contribution in [3.63, 3.8) is 0 Å². The zero-order valence-electron chi connectivity index (χ0n) is 26.5. The number of carbonyl (C=O) groups is 2. The standard InChI is InChI=1S/C34H50N2O8/c1-21(2)14-24-6-5-7-28(40)16-27(15-24)32(44-23(4)39)19-29(43-22(3)38)9-8-25-17-33(42-13-12-37)31(41)20-30(25)26-10-11-36-34(35)18-26/h10-11,17-18,20-21,24,27-29,32,37,40-41H,5-9,12-16,19H2,1-4H3,(H2,35,36)/t24-,27-,28-,29-,32-/m1/s1. The Morgan fingerprint density at radius 2 is 1.84 bits per heavy atom. The SMILES string of the molecule is CC(=O)O[C@H](CCc1cc(OCCO)c(O)cc1-c1ccnc(N)c1)C[C@@H](OC(C)=O)[C@H]1C[C@H](O)CCC[C@H](CC(C)C)C1. The molecule has 44 heavy (non-hydrogen) atoms. The van der Waals surface area contributed by atoms with Crippen LogP contribution in [-0.2, 0) is 25.5 Å². The highest BCUT2D eigenvalue weighted by molar-refractivity contribution is 5.72. The summed E-state index contributed by atoms with van der Waals surface area (Å²) in [6.07, 6.45) is 6.28. The van der Waals surface area contributed by atoms with Crippen LogP contribution >= 0.6 is 0 Å². The predicted molar refractivity (Wildman–Crippen MR) is 168 cm³/mol. The number of phenols is 1. The number of phenolic OH excluding ortho intramolecular Hbond substituents is 1. The molecule has 0 saturated heterocycles. The van der Waals surface area contributed by atoms with Crippen molar-refractivity contribution in [1.29, 1.82) is 0 Å². The number of aliphatic hydroxyl groups is 2. The molecule has 10 heteroatoms. The van der Waals surface area contributed by atoms with E-state index in [1.54, 1.807) is 30.5 Å². The van der Waals surface area contributed by atoms with Crippen LogP contribution in [0.5, 0.6) is 11.5 Å². The molecule has 5 atom stereocenters. The van der Waals surface area contributed by atoms with Gasteiger partial charge < -0.3 is 35.3 Å². The number of nitrogens with zero attached hydrogens (tertiary/aromatic N) is 1.